The second kappa shape index (κ2) is 8.44. The predicted octanol–water partition coefficient (Wildman–Crippen LogP) is 4.93. The summed E-state index contributed by atoms with van der Waals surface area (Å²) in [6.07, 6.45) is 0. The number of nitrogens with zero attached hydrogens (tertiary/aromatic N) is 1. The van der Waals surface area contributed by atoms with E-state index in [1.807, 2.05) is 26.0 Å². The number of anilines is 2. The van der Waals surface area contributed by atoms with Crippen LogP contribution in [-0.2, 0) is 9.59 Å². The maximum absolute atomic E-state index is 13.7. The van der Waals surface area contributed by atoms with Crippen LogP contribution >= 0.6 is 0 Å². The summed E-state index contributed by atoms with van der Waals surface area (Å²) in [5.74, 6) is -1.02. The summed E-state index contributed by atoms with van der Waals surface area (Å²) in [6, 6.07) is 20.0. The third-order valence-electron chi connectivity index (χ3n) is 4.92. The van der Waals surface area contributed by atoms with Gasteiger partial charge in [0, 0.05) is 5.69 Å². The van der Waals surface area contributed by atoms with Crippen molar-refractivity contribution in [3.05, 3.63) is 95.4 Å². The van der Waals surface area contributed by atoms with Gasteiger partial charge < -0.3 is 10.1 Å². The highest BCUT2D eigenvalue weighted by molar-refractivity contribution is 6.46. The van der Waals surface area contributed by atoms with Gasteiger partial charge >= 0.3 is 0 Å². The molecular weight excluding hydrogens is 395 g/mol. The number of hydrogen-bond donors (Lipinski definition) is 1. The normalized spacial score (nSPS) is 13.7. The number of aryl methyl sites for hydroxylation is 1. The minimum Gasteiger partial charge on any atom is -0.492 e. The van der Waals surface area contributed by atoms with Crippen LogP contribution in [0.15, 0.2) is 78.5 Å². The van der Waals surface area contributed by atoms with Gasteiger partial charge in [-0.05, 0) is 49.7 Å². The average Bonchev–Trinajstić information content (AvgIpc) is 2.99. The molecule has 1 heterocycles. The lowest BCUT2D eigenvalue weighted by Crippen LogP contribution is -2.32. The second-order valence-corrected chi connectivity index (χ2v) is 7.10. The molecule has 31 heavy (non-hydrogen) atoms. The van der Waals surface area contributed by atoms with Crippen molar-refractivity contribution in [2.75, 3.05) is 16.8 Å². The van der Waals surface area contributed by atoms with Gasteiger partial charge in [0.05, 0.1) is 17.9 Å². The third-order valence-corrected chi connectivity index (χ3v) is 4.92. The maximum atomic E-state index is 13.7. The monoisotopic (exact) mass is 416 g/mol. The smallest absolute Gasteiger partial charge is 0.282 e. The highest BCUT2D eigenvalue weighted by Gasteiger charge is 2.41. The Kier molecular flexibility index (Phi) is 5.54. The SMILES string of the molecule is CCOc1ccccc1N1C(=O)C(Nc2cccc(F)c2)=C(c2ccc(C)cc2)C1=O. The first-order chi connectivity index (χ1) is 15.0. The molecule has 0 bridgehead atoms. The molecule has 0 saturated carbocycles. The molecule has 0 unspecified atom stereocenters. The van der Waals surface area contributed by atoms with Crippen LogP contribution in [-0.4, -0.2) is 18.4 Å². The fraction of sp³-hybridized carbons (Fsp3) is 0.120. The lowest BCUT2D eigenvalue weighted by atomic mass is 10.0. The molecule has 3 aromatic rings. The number of benzene rings is 3. The largest absolute Gasteiger partial charge is 0.492 e. The fourth-order valence-corrected chi connectivity index (χ4v) is 3.48. The molecule has 2 amide bonds. The van der Waals surface area contributed by atoms with Crippen molar-refractivity contribution in [1.82, 2.24) is 0 Å². The molecule has 1 N–H and O–H groups in total. The molecule has 0 radical (unpaired) electrons. The van der Waals surface area contributed by atoms with Crippen LogP contribution < -0.4 is 15.0 Å². The molecule has 0 aliphatic carbocycles. The maximum Gasteiger partial charge on any atom is 0.282 e. The number of hydrogen-bond acceptors (Lipinski definition) is 4. The van der Waals surface area contributed by atoms with Gasteiger partial charge in [0.1, 0.15) is 17.3 Å². The van der Waals surface area contributed by atoms with Gasteiger partial charge in [-0.3, -0.25) is 9.59 Å². The molecule has 5 nitrogen and oxygen atoms in total. The number of imide groups is 1. The van der Waals surface area contributed by atoms with Crippen molar-refractivity contribution >= 4 is 28.8 Å². The van der Waals surface area contributed by atoms with Crippen molar-refractivity contribution in [2.24, 2.45) is 0 Å². The number of amides is 2. The summed E-state index contributed by atoms with van der Waals surface area (Å²) in [6.45, 7) is 4.16. The number of halogens is 1. The molecule has 0 spiro atoms. The minimum atomic E-state index is -0.531. The molecule has 6 heteroatoms. The first-order valence-corrected chi connectivity index (χ1v) is 9.94. The van der Waals surface area contributed by atoms with E-state index in [1.54, 1.807) is 42.5 Å². The first kappa shape index (κ1) is 20.3. The van der Waals surface area contributed by atoms with Gasteiger partial charge in [0.15, 0.2) is 0 Å². The topological polar surface area (TPSA) is 58.6 Å². The summed E-state index contributed by atoms with van der Waals surface area (Å²) in [5, 5.41) is 2.96. The minimum absolute atomic E-state index is 0.0887. The van der Waals surface area contributed by atoms with E-state index in [-0.39, 0.29) is 11.3 Å². The standard InChI is InChI=1S/C25H21FN2O3/c1-3-31-21-10-5-4-9-20(21)28-24(29)22(17-13-11-16(2)12-14-17)23(25(28)30)27-19-8-6-7-18(26)15-19/h4-15,27H,3H2,1-2H3. The Labute approximate surface area is 179 Å². The van der Waals surface area contributed by atoms with Crippen LogP contribution in [0.2, 0.25) is 0 Å². The predicted molar refractivity (Wildman–Crippen MR) is 118 cm³/mol. The Bertz CT molecular complexity index is 1190. The number of carbonyl (C=O) groups is 2. The van der Waals surface area contributed by atoms with E-state index in [1.165, 1.54) is 18.2 Å². The van der Waals surface area contributed by atoms with Crippen molar-refractivity contribution in [3.8, 4) is 5.75 Å². The van der Waals surface area contributed by atoms with E-state index in [0.717, 1.165) is 10.5 Å². The Morgan fingerprint density at radius 2 is 1.68 bits per heavy atom. The zero-order valence-electron chi connectivity index (χ0n) is 17.2. The molecule has 0 atom stereocenters. The fourth-order valence-electron chi connectivity index (χ4n) is 3.48. The van der Waals surface area contributed by atoms with Crippen molar-refractivity contribution in [2.45, 2.75) is 13.8 Å². The quantitative estimate of drug-likeness (QED) is 0.579. The molecule has 1 aliphatic heterocycles. The summed E-state index contributed by atoms with van der Waals surface area (Å²) < 4.78 is 19.4. The number of rotatable bonds is 6. The van der Waals surface area contributed by atoms with Crippen LogP contribution in [0.3, 0.4) is 0 Å². The summed E-state index contributed by atoms with van der Waals surface area (Å²) in [5.41, 5.74) is 2.67. The van der Waals surface area contributed by atoms with Gasteiger partial charge in [-0.15, -0.1) is 0 Å². The second-order valence-electron chi connectivity index (χ2n) is 7.10. The van der Waals surface area contributed by atoms with Crippen LogP contribution in [0.25, 0.3) is 5.57 Å². The van der Waals surface area contributed by atoms with Gasteiger partial charge in [-0.2, -0.15) is 0 Å². The van der Waals surface area contributed by atoms with E-state index in [0.29, 0.717) is 29.3 Å². The summed E-state index contributed by atoms with van der Waals surface area (Å²) in [4.78, 5) is 28.1. The van der Waals surface area contributed by atoms with E-state index in [9.17, 15) is 14.0 Å². The lowest BCUT2D eigenvalue weighted by molar-refractivity contribution is -0.120. The first-order valence-electron chi connectivity index (χ1n) is 9.94. The highest BCUT2D eigenvalue weighted by Crippen LogP contribution is 2.37. The molecule has 156 valence electrons. The zero-order chi connectivity index (χ0) is 22.0. The highest BCUT2D eigenvalue weighted by atomic mass is 19.1. The van der Waals surface area contributed by atoms with Gasteiger partial charge in [-0.1, -0.05) is 48.0 Å². The molecule has 0 fully saturated rings. The van der Waals surface area contributed by atoms with Crippen molar-refractivity contribution in [1.29, 1.82) is 0 Å². The molecule has 3 aromatic carbocycles. The van der Waals surface area contributed by atoms with E-state index in [4.69, 9.17) is 4.74 Å². The Morgan fingerprint density at radius 1 is 0.935 bits per heavy atom. The number of ether oxygens (including phenoxy) is 1. The molecule has 0 aromatic heterocycles. The Morgan fingerprint density at radius 3 is 2.39 bits per heavy atom. The summed E-state index contributed by atoms with van der Waals surface area (Å²) in [7, 11) is 0. The van der Waals surface area contributed by atoms with Crippen LogP contribution in [0, 0.1) is 12.7 Å². The van der Waals surface area contributed by atoms with Gasteiger partial charge in [0.25, 0.3) is 11.8 Å². The van der Waals surface area contributed by atoms with E-state index >= 15 is 0 Å². The number of para-hydroxylation sites is 2. The molecular formula is C25H21FN2O3. The van der Waals surface area contributed by atoms with Crippen LogP contribution in [0.1, 0.15) is 18.1 Å². The van der Waals surface area contributed by atoms with Crippen LogP contribution in [0.4, 0.5) is 15.8 Å². The van der Waals surface area contributed by atoms with Crippen molar-refractivity contribution in [3.63, 3.8) is 0 Å². The van der Waals surface area contributed by atoms with Crippen molar-refractivity contribution < 1.29 is 18.7 Å². The third kappa shape index (κ3) is 3.92. The number of nitrogens with one attached hydrogen (secondary N) is 1. The van der Waals surface area contributed by atoms with Crippen LogP contribution in [0.5, 0.6) is 5.75 Å². The Balaban J connectivity index is 1.83. The van der Waals surface area contributed by atoms with E-state index in [2.05, 4.69) is 5.32 Å². The Hall–Kier alpha value is -3.93. The van der Waals surface area contributed by atoms with E-state index < -0.39 is 17.6 Å². The van der Waals surface area contributed by atoms with Gasteiger partial charge in [0.2, 0.25) is 0 Å². The lowest BCUT2D eigenvalue weighted by Gasteiger charge is -2.19. The average molecular weight is 416 g/mol. The number of carbonyl (C=O) groups excluding carboxylic acids is 2. The van der Waals surface area contributed by atoms with Gasteiger partial charge in [-0.25, -0.2) is 9.29 Å². The molecule has 4 rings (SSSR count). The zero-order valence-corrected chi connectivity index (χ0v) is 17.2. The summed E-state index contributed by atoms with van der Waals surface area (Å²) >= 11 is 0. The molecule has 1 aliphatic rings. The molecule has 0 saturated heterocycles.